The van der Waals surface area contributed by atoms with Crippen LogP contribution in [0.4, 0.5) is 13.2 Å². The van der Waals surface area contributed by atoms with Gasteiger partial charge in [-0.2, -0.15) is 0 Å². The number of halogens is 3. The molecule has 0 amide bonds. The maximum atomic E-state index is 11.8. The van der Waals surface area contributed by atoms with Crippen LogP contribution >= 0.6 is 0 Å². The maximum absolute atomic E-state index is 11.8. The van der Waals surface area contributed by atoms with Gasteiger partial charge in [-0.25, -0.2) is 0 Å². The summed E-state index contributed by atoms with van der Waals surface area (Å²) in [5.41, 5.74) is 6.36. The summed E-state index contributed by atoms with van der Waals surface area (Å²) in [5, 5.41) is 0. The molecule has 0 aliphatic carbocycles. The predicted molar refractivity (Wildman–Crippen MR) is 63.3 cm³/mol. The van der Waals surface area contributed by atoms with Crippen molar-refractivity contribution in [3.05, 3.63) is 23.8 Å². The third kappa shape index (κ3) is 5.80. The molecule has 4 nitrogen and oxygen atoms in total. The standard InChI is InChI=1S/C12H16F3NO3/c1-17-10-3-2-9(4-5-16)8-11(10)18-6-7-19-12(13,14)15/h2-3,8H,4-7,16H2,1H3. The quantitative estimate of drug-likeness (QED) is 0.777. The third-order valence-electron chi connectivity index (χ3n) is 2.27. The lowest BCUT2D eigenvalue weighted by molar-refractivity contribution is -0.325. The average Bonchev–Trinajstić information content (AvgIpc) is 2.34. The van der Waals surface area contributed by atoms with Crippen molar-refractivity contribution >= 4 is 0 Å². The van der Waals surface area contributed by atoms with Gasteiger partial charge in [0.25, 0.3) is 0 Å². The zero-order valence-corrected chi connectivity index (χ0v) is 10.5. The Morgan fingerprint density at radius 3 is 2.47 bits per heavy atom. The third-order valence-corrected chi connectivity index (χ3v) is 2.27. The highest BCUT2D eigenvalue weighted by atomic mass is 19.4. The Labute approximate surface area is 109 Å². The van der Waals surface area contributed by atoms with Gasteiger partial charge in [-0.15, -0.1) is 13.2 Å². The smallest absolute Gasteiger partial charge is 0.493 e. The van der Waals surface area contributed by atoms with Crippen molar-refractivity contribution in [2.75, 3.05) is 26.9 Å². The van der Waals surface area contributed by atoms with E-state index in [1.807, 2.05) is 6.07 Å². The fraction of sp³-hybridized carbons (Fsp3) is 0.500. The molecule has 0 spiro atoms. The van der Waals surface area contributed by atoms with Gasteiger partial charge < -0.3 is 15.2 Å². The summed E-state index contributed by atoms with van der Waals surface area (Å²) < 4.78 is 49.2. The molecule has 1 aromatic carbocycles. The fourth-order valence-electron chi connectivity index (χ4n) is 1.47. The molecule has 0 bridgehead atoms. The molecule has 0 heterocycles. The van der Waals surface area contributed by atoms with E-state index in [0.717, 1.165) is 5.56 Å². The molecule has 0 aliphatic rings. The Bertz CT molecular complexity index is 396. The molecule has 0 aliphatic heterocycles. The largest absolute Gasteiger partial charge is 0.522 e. The van der Waals surface area contributed by atoms with Crippen LogP contribution in [0.25, 0.3) is 0 Å². The molecular formula is C12H16F3NO3. The molecule has 1 rings (SSSR count). The van der Waals surface area contributed by atoms with E-state index < -0.39 is 13.0 Å². The summed E-state index contributed by atoms with van der Waals surface area (Å²) in [6, 6.07) is 5.20. The Morgan fingerprint density at radius 1 is 1.16 bits per heavy atom. The molecule has 19 heavy (non-hydrogen) atoms. The number of ether oxygens (including phenoxy) is 3. The second-order valence-electron chi connectivity index (χ2n) is 3.67. The highest BCUT2D eigenvalue weighted by molar-refractivity contribution is 5.43. The van der Waals surface area contributed by atoms with Crippen LogP contribution in [-0.4, -0.2) is 33.2 Å². The van der Waals surface area contributed by atoms with Crippen molar-refractivity contribution in [1.82, 2.24) is 0 Å². The fourth-order valence-corrected chi connectivity index (χ4v) is 1.47. The van der Waals surface area contributed by atoms with E-state index in [1.54, 1.807) is 12.1 Å². The Balaban J connectivity index is 2.57. The topological polar surface area (TPSA) is 53.7 Å². The van der Waals surface area contributed by atoms with E-state index in [9.17, 15) is 13.2 Å². The van der Waals surface area contributed by atoms with Crippen molar-refractivity contribution in [3.8, 4) is 11.5 Å². The molecule has 0 unspecified atom stereocenters. The SMILES string of the molecule is COc1ccc(CCN)cc1OCCOC(F)(F)F. The van der Waals surface area contributed by atoms with Gasteiger partial charge in [-0.1, -0.05) is 6.07 Å². The second-order valence-corrected chi connectivity index (χ2v) is 3.67. The number of methoxy groups -OCH3 is 1. The first kappa shape index (κ1) is 15.6. The Kier molecular flexibility index (Phi) is 5.91. The molecule has 0 aromatic heterocycles. The maximum Gasteiger partial charge on any atom is 0.522 e. The minimum absolute atomic E-state index is 0.220. The predicted octanol–water partition coefficient (Wildman–Crippen LogP) is 2.11. The zero-order chi connectivity index (χ0) is 14.3. The number of benzene rings is 1. The minimum Gasteiger partial charge on any atom is -0.493 e. The molecule has 7 heteroatoms. The van der Waals surface area contributed by atoms with Gasteiger partial charge in [0.1, 0.15) is 6.61 Å². The van der Waals surface area contributed by atoms with Crippen LogP contribution < -0.4 is 15.2 Å². The summed E-state index contributed by atoms with van der Waals surface area (Å²) in [7, 11) is 1.46. The lowest BCUT2D eigenvalue weighted by atomic mass is 10.1. The number of rotatable bonds is 7. The van der Waals surface area contributed by atoms with Crippen molar-refractivity contribution in [3.63, 3.8) is 0 Å². The highest BCUT2D eigenvalue weighted by Gasteiger charge is 2.28. The average molecular weight is 279 g/mol. The van der Waals surface area contributed by atoms with Crippen molar-refractivity contribution in [2.24, 2.45) is 5.73 Å². The van der Waals surface area contributed by atoms with E-state index in [0.29, 0.717) is 24.5 Å². The first-order valence-corrected chi connectivity index (χ1v) is 5.66. The number of hydrogen-bond donors (Lipinski definition) is 1. The van der Waals surface area contributed by atoms with Gasteiger partial charge >= 0.3 is 6.36 Å². The van der Waals surface area contributed by atoms with Crippen LogP contribution in [0.15, 0.2) is 18.2 Å². The molecular weight excluding hydrogens is 263 g/mol. The van der Waals surface area contributed by atoms with Crippen molar-refractivity contribution in [1.29, 1.82) is 0 Å². The zero-order valence-electron chi connectivity index (χ0n) is 10.5. The van der Waals surface area contributed by atoms with Gasteiger partial charge in [-0.05, 0) is 30.7 Å². The summed E-state index contributed by atoms with van der Waals surface area (Å²) in [6.07, 6.45) is -3.99. The number of nitrogens with two attached hydrogens (primary N) is 1. The van der Waals surface area contributed by atoms with Gasteiger partial charge in [0.2, 0.25) is 0 Å². The van der Waals surface area contributed by atoms with Crippen molar-refractivity contribution < 1.29 is 27.4 Å². The lowest BCUT2D eigenvalue weighted by Crippen LogP contribution is -2.18. The van der Waals surface area contributed by atoms with Gasteiger partial charge in [0.15, 0.2) is 11.5 Å². The molecule has 1 aromatic rings. The van der Waals surface area contributed by atoms with Crippen LogP contribution in [0.2, 0.25) is 0 Å². The summed E-state index contributed by atoms with van der Waals surface area (Å²) in [4.78, 5) is 0. The monoisotopic (exact) mass is 279 g/mol. The first-order chi connectivity index (χ1) is 8.96. The van der Waals surface area contributed by atoms with Crippen molar-refractivity contribution in [2.45, 2.75) is 12.8 Å². The molecule has 0 saturated carbocycles. The number of alkyl halides is 3. The minimum atomic E-state index is -4.64. The van der Waals surface area contributed by atoms with E-state index in [-0.39, 0.29) is 6.61 Å². The molecule has 0 radical (unpaired) electrons. The normalized spacial score (nSPS) is 11.4. The van der Waals surface area contributed by atoms with Crippen LogP contribution in [0.1, 0.15) is 5.56 Å². The Hall–Kier alpha value is -1.47. The highest BCUT2D eigenvalue weighted by Crippen LogP contribution is 2.28. The molecule has 2 N–H and O–H groups in total. The van der Waals surface area contributed by atoms with Gasteiger partial charge in [0.05, 0.1) is 13.7 Å². The van der Waals surface area contributed by atoms with E-state index in [4.69, 9.17) is 15.2 Å². The first-order valence-electron chi connectivity index (χ1n) is 5.66. The summed E-state index contributed by atoms with van der Waals surface area (Å²) in [5.74, 6) is 0.826. The molecule has 0 fully saturated rings. The summed E-state index contributed by atoms with van der Waals surface area (Å²) in [6.45, 7) is -0.321. The molecule has 108 valence electrons. The van der Waals surface area contributed by atoms with Gasteiger partial charge in [-0.3, -0.25) is 4.74 Å². The van der Waals surface area contributed by atoms with Crippen LogP contribution in [0.5, 0.6) is 11.5 Å². The van der Waals surface area contributed by atoms with Gasteiger partial charge in [0, 0.05) is 0 Å². The number of hydrogen-bond acceptors (Lipinski definition) is 4. The Morgan fingerprint density at radius 2 is 1.89 bits per heavy atom. The van der Waals surface area contributed by atoms with E-state index in [2.05, 4.69) is 4.74 Å². The molecule has 0 atom stereocenters. The van der Waals surface area contributed by atoms with E-state index >= 15 is 0 Å². The second kappa shape index (κ2) is 7.20. The van der Waals surface area contributed by atoms with Crippen LogP contribution in [0.3, 0.4) is 0 Å². The van der Waals surface area contributed by atoms with Crippen LogP contribution in [-0.2, 0) is 11.2 Å². The lowest BCUT2D eigenvalue weighted by Gasteiger charge is -2.13. The van der Waals surface area contributed by atoms with Crippen LogP contribution in [0, 0.1) is 0 Å². The van der Waals surface area contributed by atoms with E-state index in [1.165, 1.54) is 7.11 Å². The molecule has 0 saturated heterocycles. The summed E-state index contributed by atoms with van der Waals surface area (Å²) >= 11 is 0.